The van der Waals surface area contributed by atoms with Crippen molar-refractivity contribution in [2.75, 3.05) is 35.8 Å². The van der Waals surface area contributed by atoms with Gasteiger partial charge >= 0.3 is 0 Å². The Morgan fingerprint density at radius 3 is 2.44 bits per heavy atom. The van der Waals surface area contributed by atoms with Crippen molar-refractivity contribution >= 4 is 45.3 Å². The summed E-state index contributed by atoms with van der Waals surface area (Å²) in [6, 6.07) is 5.66. The fourth-order valence-corrected chi connectivity index (χ4v) is 3.27. The Labute approximate surface area is 161 Å². The smallest absolute Gasteiger partial charge is 0.238 e. The number of hydrogen-bond donors (Lipinski definition) is 3. The quantitative estimate of drug-likeness (QED) is 0.524. The molecule has 1 aromatic heterocycles. The fourth-order valence-electron chi connectivity index (χ4n) is 1.97. The number of benzene rings is 1. The molecule has 2 aromatic rings. The number of nitrogen functional groups attached to an aromatic ring is 1. The molecule has 1 heterocycles. The highest BCUT2D eigenvalue weighted by Gasteiger charge is 2.09. The maximum absolute atomic E-state index is 12.0. The van der Waals surface area contributed by atoms with E-state index in [1.165, 1.54) is 36.0 Å². The molecule has 0 atom stereocenters. The second-order valence-corrected chi connectivity index (χ2v) is 8.39. The number of carbonyl (C=O) groups excluding carboxylic acids is 1. The molecule has 1 amide bonds. The van der Waals surface area contributed by atoms with Crippen molar-refractivity contribution < 1.29 is 13.2 Å². The molecule has 146 valence electrons. The summed E-state index contributed by atoms with van der Waals surface area (Å²) in [5.74, 6) is 2.07. The topological polar surface area (TPSA) is 157 Å². The highest BCUT2D eigenvalue weighted by molar-refractivity contribution is 7.98. The molecule has 0 spiro atoms. The number of hydrogen-bond acceptors (Lipinski definition) is 9. The lowest BCUT2D eigenvalue weighted by atomic mass is 10.3. The van der Waals surface area contributed by atoms with E-state index in [1.54, 1.807) is 4.90 Å². The lowest BCUT2D eigenvalue weighted by Crippen LogP contribution is -2.16. The number of carbonyl (C=O) groups is 1. The van der Waals surface area contributed by atoms with Crippen LogP contribution in [-0.2, 0) is 20.6 Å². The van der Waals surface area contributed by atoms with E-state index in [4.69, 9.17) is 10.9 Å². The molecule has 27 heavy (non-hydrogen) atoms. The number of anilines is 3. The largest absolute Gasteiger partial charge is 0.368 e. The van der Waals surface area contributed by atoms with E-state index >= 15 is 0 Å². The van der Waals surface area contributed by atoms with Gasteiger partial charge in [0.15, 0.2) is 0 Å². The standard InChI is InChI=1S/C15H21N7O3S2/c1-22(2)15-20-12(19-14(16)21-15)9-26-8-7-13(23)18-10-3-5-11(6-4-10)27(17,24)25/h3-6H,7-9H2,1-2H3,(H,18,23)(H2,17,24,25)(H2,16,19,20,21). The number of primary sulfonamides is 1. The van der Waals surface area contributed by atoms with Crippen molar-refractivity contribution in [1.82, 2.24) is 15.0 Å². The maximum atomic E-state index is 12.0. The zero-order valence-corrected chi connectivity index (χ0v) is 16.5. The first-order chi connectivity index (χ1) is 12.6. The summed E-state index contributed by atoms with van der Waals surface area (Å²) in [6.45, 7) is 0. The summed E-state index contributed by atoms with van der Waals surface area (Å²) in [6.07, 6.45) is 0.280. The van der Waals surface area contributed by atoms with Gasteiger partial charge < -0.3 is 16.0 Å². The molecule has 0 saturated heterocycles. The Kier molecular flexibility index (Phi) is 6.93. The van der Waals surface area contributed by atoms with Gasteiger partial charge in [0.1, 0.15) is 5.82 Å². The van der Waals surface area contributed by atoms with Crippen LogP contribution in [-0.4, -0.2) is 49.1 Å². The zero-order chi connectivity index (χ0) is 20.0. The third kappa shape index (κ3) is 6.66. The number of rotatable bonds is 8. The Morgan fingerprint density at radius 2 is 1.85 bits per heavy atom. The maximum Gasteiger partial charge on any atom is 0.238 e. The van der Waals surface area contributed by atoms with Gasteiger partial charge in [-0.3, -0.25) is 4.79 Å². The summed E-state index contributed by atoms with van der Waals surface area (Å²) in [4.78, 5) is 26.1. The van der Waals surface area contributed by atoms with Crippen molar-refractivity contribution in [2.45, 2.75) is 17.1 Å². The summed E-state index contributed by atoms with van der Waals surface area (Å²) in [5, 5.41) is 7.73. The van der Waals surface area contributed by atoms with E-state index < -0.39 is 10.0 Å². The predicted molar refractivity (Wildman–Crippen MR) is 106 cm³/mol. The first-order valence-electron chi connectivity index (χ1n) is 7.83. The number of aromatic nitrogens is 3. The van der Waals surface area contributed by atoms with Crippen LogP contribution in [0.25, 0.3) is 0 Å². The van der Waals surface area contributed by atoms with E-state index in [0.29, 0.717) is 29.0 Å². The lowest BCUT2D eigenvalue weighted by Gasteiger charge is -2.11. The molecule has 0 bridgehead atoms. The Morgan fingerprint density at radius 1 is 1.19 bits per heavy atom. The second kappa shape index (κ2) is 8.97. The predicted octanol–water partition coefficient (Wildman–Crippen LogP) is 0.429. The monoisotopic (exact) mass is 411 g/mol. The minimum absolute atomic E-state index is 0.00947. The first kappa shape index (κ1) is 20.9. The average molecular weight is 412 g/mol. The molecular weight excluding hydrogens is 390 g/mol. The Bertz CT molecular complexity index is 902. The van der Waals surface area contributed by atoms with Gasteiger partial charge in [-0.25, -0.2) is 13.6 Å². The van der Waals surface area contributed by atoms with Gasteiger partial charge in [0.25, 0.3) is 0 Å². The number of amides is 1. The van der Waals surface area contributed by atoms with Crippen molar-refractivity contribution in [2.24, 2.45) is 5.14 Å². The highest BCUT2D eigenvalue weighted by atomic mass is 32.2. The van der Waals surface area contributed by atoms with E-state index in [2.05, 4.69) is 20.3 Å². The molecule has 5 N–H and O–H groups in total. The fraction of sp³-hybridized carbons (Fsp3) is 0.333. The second-order valence-electron chi connectivity index (χ2n) is 5.72. The number of sulfonamides is 1. The minimum atomic E-state index is -3.75. The van der Waals surface area contributed by atoms with Crippen LogP contribution in [0, 0.1) is 0 Å². The van der Waals surface area contributed by atoms with E-state index in [0.717, 1.165) is 0 Å². The highest BCUT2D eigenvalue weighted by Crippen LogP contribution is 2.15. The molecule has 2 rings (SSSR count). The molecule has 1 aromatic carbocycles. The van der Waals surface area contributed by atoms with Crippen LogP contribution in [0.5, 0.6) is 0 Å². The van der Waals surface area contributed by atoms with Crippen LogP contribution in [0.3, 0.4) is 0 Å². The molecule has 0 unspecified atom stereocenters. The van der Waals surface area contributed by atoms with Gasteiger partial charge in [0.2, 0.25) is 27.8 Å². The lowest BCUT2D eigenvalue weighted by molar-refractivity contribution is -0.115. The molecular formula is C15H21N7O3S2. The SMILES string of the molecule is CN(C)c1nc(N)nc(CSCCC(=O)Nc2ccc(S(N)(=O)=O)cc2)n1. The van der Waals surface area contributed by atoms with Crippen LogP contribution < -0.4 is 21.1 Å². The van der Waals surface area contributed by atoms with Gasteiger partial charge in [-0.2, -0.15) is 26.7 Å². The molecule has 12 heteroatoms. The minimum Gasteiger partial charge on any atom is -0.368 e. The normalized spacial score (nSPS) is 11.2. The molecule has 0 aliphatic carbocycles. The van der Waals surface area contributed by atoms with Crippen LogP contribution >= 0.6 is 11.8 Å². The first-order valence-corrected chi connectivity index (χ1v) is 10.5. The van der Waals surface area contributed by atoms with Crippen molar-refractivity contribution in [3.63, 3.8) is 0 Å². The van der Waals surface area contributed by atoms with Crippen LogP contribution in [0.4, 0.5) is 17.6 Å². The van der Waals surface area contributed by atoms with E-state index in [-0.39, 0.29) is 23.2 Å². The molecule has 0 saturated carbocycles. The summed E-state index contributed by atoms with van der Waals surface area (Å²) < 4.78 is 22.4. The molecule has 0 fully saturated rings. The number of nitrogens with one attached hydrogen (secondary N) is 1. The van der Waals surface area contributed by atoms with Gasteiger partial charge in [-0.1, -0.05) is 0 Å². The summed E-state index contributed by atoms with van der Waals surface area (Å²) in [5.41, 5.74) is 6.16. The van der Waals surface area contributed by atoms with Gasteiger partial charge in [-0.05, 0) is 24.3 Å². The van der Waals surface area contributed by atoms with Crippen LogP contribution in [0.15, 0.2) is 29.2 Å². The van der Waals surface area contributed by atoms with Crippen LogP contribution in [0.1, 0.15) is 12.2 Å². The van der Waals surface area contributed by atoms with Gasteiger partial charge in [-0.15, -0.1) is 0 Å². The van der Waals surface area contributed by atoms with Gasteiger partial charge in [0, 0.05) is 32.0 Å². The zero-order valence-electron chi connectivity index (χ0n) is 14.9. The Hall–Kier alpha value is -2.44. The number of nitrogens with zero attached hydrogens (tertiary/aromatic N) is 4. The molecule has 0 radical (unpaired) electrons. The van der Waals surface area contributed by atoms with Crippen LogP contribution in [0.2, 0.25) is 0 Å². The van der Waals surface area contributed by atoms with Gasteiger partial charge in [0.05, 0.1) is 10.6 Å². The van der Waals surface area contributed by atoms with E-state index in [9.17, 15) is 13.2 Å². The van der Waals surface area contributed by atoms with Crippen molar-refractivity contribution in [3.8, 4) is 0 Å². The van der Waals surface area contributed by atoms with Crippen molar-refractivity contribution in [1.29, 1.82) is 0 Å². The average Bonchev–Trinajstić information content (AvgIpc) is 2.58. The molecule has 0 aliphatic rings. The summed E-state index contributed by atoms with van der Waals surface area (Å²) in [7, 11) is -0.126. The molecule has 10 nitrogen and oxygen atoms in total. The third-order valence-corrected chi connectivity index (χ3v) is 5.14. The number of nitrogens with two attached hydrogens (primary N) is 2. The molecule has 0 aliphatic heterocycles. The summed E-state index contributed by atoms with van der Waals surface area (Å²) >= 11 is 1.50. The van der Waals surface area contributed by atoms with E-state index in [1.807, 2.05) is 14.1 Å². The Balaban J connectivity index is 1.80. The number of thioether (sulfide) groups is 1. The van der Waals surface area contributed by atoms with Crippen molar-refractivity contribution in [3.05, 3.63) is 30.1 Å². The third-order valence-electron chi connectivity index (χ3n) is 3.26.